The molecule has 3 atom stereocenters. The first-order valence-electron chi connectivity index (χ1n) is 11.3. The van der Waals surface area contributed by atoms with Gasteiger partial charge in [0.05, 0.1) is 24.8 Å². The molecule has 0 radical (unpaired) electrons. The van der Waals surface area contributed by atoms with Gasteiger partial charge in [-0.2, -0.15) is 0 Å². The van der Waals surface area contributed by atoms with Crippen molar-refractivity contribution in [3.05, 3.63) is 82.4 Å². The van der Waals surface area contributed by atoms with E-state index < -0.39 is 0 Å². The Bertz CT molecular complexity index is 870. The third kappa shape index (κ3) is 12.1. The number of methoxy groups -OCH3 is 1. The van der Waals surface area contributed by atoms with Crippen molar-refractivity contribution >= 4 is 30.4 Å². The third-order valence-corrected chi connectivity index (χ3v) is 6.03. The van der Waals surface area contributed by atoms with Crippen LogP contribution in [0.1, 0.15) is 71.9 Å². The first-order valence-corrected chi connectivity index (χ1v) is 12.9. The molecule has 2 aromatic rings. The van der Waals surface area contributed by atoms with Crippen molar-refractivity contribution in [1.29, 1.82) is 0 Å². The van der Waals surface area contributed by atoms with Crippen molar-refractivity contribution in [2.24, 2.45) is 5.92 Å². The van der Waals surface area contributed by atoms with Crippen molar-refractivity contribution in [3.63, 3.8) is 0 Å². The second-order valence-corrected chi connectivity index (χ2v) is 9.00. The number of hydrogen-bond acceptors (Lipinski definition) is 4. The smallest absolute Gasteiger partial charge is 0.338 e. The van der Waals surface area contributed by atoms with Gasteiger partial charge in [-0.15, -0.1) is 18.5 Å². The highest BCUT2D eigenvalue weighted by Crippen LogP contribution is 2.13. The molecule has 0 aliphatic rings. The second kappa shape index (κ2) is 16.6. The standard InChI is InChI=1S/C18H27O2P.C9H11O2P/c1-14(2)5-4-6-15(3)11-12-20-18(19)17-9-7-16(13-21)8-10-17;1-11-9(10)8-4-2-7(6-12)3-5-8/h5,7-10,15H,4,6,11-13,21H2,1-3H3;2-5H,6,12H2,1H3. The summed E-state index contributed by atoms with van der Waals surface area (Å²) in [4.78, 5) is 22.9. The summed E-state index contributed by atoms with van der Waals surface area (Å²) in [7, 11) is 6.68. The van der Waals surface area contributed by atoms with Crippen LogP contribution >= 0.6 is 18.5 Å². The van der Waals surface area contributed by atoms with E-state index in [4.69, 9.17) is 4.74 Å². The topological polar surface area (TPSA) is 52.6 Å². The fourth-order valence-electron chi connectivity index (χ4n) is 2.91. The van der Waals surface area contributed by atoms with E-state index in [0.29, 0.717) is 23.7 Å². The van der Waals surface area contributed by atoms with E-state index in [9.17, 15) is 9.59 Å². The largest absolute Gasteiger partial charge is 0.465 e. The summed E-state index contributed by atoms with van der Waals surface area (Å²) in [6, 6.07) is 15.0. The maximum absolute atomic E-state index is 11.9. The van der Waals surface area contributed by atoms with Crippen molar-refractivity contribution in [2.75, 3.05) is 13.7 Å². The number of ether oxygens (including phenoxy) is 2. The number of benzene rings is 2. The lowest BCUT2D eigenvalue weighted by molar-refractivity contribution is 0.0483. The van der Waals surface area contributed by atoms with Gasteiger partial charge < -0.3 is 9.47 Å². The number of carbonyl (C=O) groups excluding carboxylic acids is 2. The van der Waals surface area contributed by atoms with Gasteiger partial charge in [0.2, 0.25) is 0 Å². The first-order chi connectivity index (χ1) is 15.8. The zero-order chi connectivity index (χ0) is 24.6. The minimum atomic E-state index is -0.287. The maximum atomic E-state index is 11.9. The van der Waals surface area contributed by atoms with E-state index in [1.807, 2.05) is 36.4 Å². The van der Waals surface area contributed by atoms with Gasteiger partial charge in [-0.1, -0.05) is 42.8 Å². The molecule has 2 rings (SSSR count). The Morgan fingerprint density at radius 2 is 1.33 bits per heavy atom. The van der Waals surface area contributed by atoms with Crippen LogP contribution < -0.4 is 0 Å². The average molecular weight is 489 g/mol. The molecule has 0 bridgehead atoms. The number of allylic oxidation sites excluding steroid dienone is 2. The molecule has 6 heteroatoms. The Hall–Kier alpha value is -2.02. The lowest BCUT2D eigenvalue weighted by Gasteiger charge is -2.11. The summed E-state index contributed by atoms with van der Waals surface area (Å²) in [5, 5.41) is 0. The Morgan fingerprint density at radius 3 is 1.76 bits per heavy atom. The molecule has 0 aliphatic heterocycles. The highest BCUT2D eigenvalue weighted by Gasteiger charge is 2.08. The van der Waals surface area contributed by atoms with E-state index in [-0.39, 0.29) is 11.9 Å². The molecule has 3 unspecified atom stereocenters. The molecule has 0 saturated carbocycles. The van der Waals surface area contributed by atoms with Crippen LogP contribution in [0.4, 0.5) is 0 Å². The molecule has 180 valence electrons. The summed E-state index contributed by atoms with van der Waals surface area (Å²) in [5.41, 5.74) is 4.98. The van der Waals surface area contributed by atoms with Crippen LogP contribution in [-0.2, 0) is 21.8 Å². The van der Waals surface area contributed by atoms with Gasteiger partial charge >= 0.3 is 11.9 Å². The van der Waals surface area contributed by atoms with E-state index in [2.05, 4.69) is 50.1 Å². The monoisotopic (exact) mass is 488 g/mol. The van der Waals surface area contributed by atoms with Gasteiger partial charge in [-0.05, 0) is 86.7 Å². The fraction of sp³-hybridized carbons (Fsp3) is 0.407. The van der Waals surface area contributed by atoms with Gasteiger partial charge in [-0.3, -0.25) is 0 Å². The van der Waals surface area contributed by atoms with Gasteiger partial charge in [0.25, 0.3) is 0 Å². The molecular weight excluding hydrogens is 450 g/mol. The minimum absolute atomic E-state index is 0.221. The summed E-state index contributed by atoms with van der Waals surface area (Å²) < 4.78 is 9.91. The normalized spacial score (nSPS) is 11.0. The summed E-state index contributed by atoms with van der Waals surface area (Å²) in [6.45, 7) is 6.95. The van der Waals surface area contributed by atoms with Crippen molar-refractivity contribution in [1.82, 2.24) is 0 Å². The SMILES string of the molecule is CC(C)=CCCC(C)CCOC(=O)c1ccc(CP)cc1.COC(=O)c1ccc(CP)cc1. The van der Waals surface area contributed by atoms with Gasteiger partial charge in [0.1, 0.15) is 0 Å². The quantitative estimate of drug-likeness (QED) is 0.209. The van der Waals surface area contributed by atoms with Crippen LogP contribution in [0.2, 0.25) is 0 Å². The van der Waals surface area contributed by atoms with Crippen molar-refractivity contribution in [2.45, 2.75) is 52.4 Å². The van der Waals surface area contributed by atoms with Crippen molar-refractivity contribution in [3.8, 4) is 0 Å². The summed E-state index contributed by atoms with van der Waals surface area (Å²) in [5.74, 6) is 0.0694. The molecule has 0 amide bonds. The van der Waals surface area contributed by atoms with Crippen LogP contribution in [-0.4, -0.2) is 25.7 Å². The third-order valence-electron chi connectivity index (χ3n) is 5.09. The van der Waals surface area contributed by atoms with Gasteiger partial charge in [0.15, 0.2) is 0 Å². The summed E-state index contributed by atoms with van der Waals surface area (Å²) >= 11 is 0. The maximum Gasteiger partial charge on any atom is 0.338 e. The molecular formula is C27H38O4P2. The minimum Gasteiger partial charge on any atom is -0.465 e. The molecule has 33 heavy (non-hydrogen) atoms. The molecule has 0 heterocycles. The van der Waals surface area contributed by atoms with Crippen LogP contribution in [0.5, 0.6) is 0 Å². The zero-order valence-electron chi connectivity index (χ0n) is 20.3. The Balaban J connectivity index is 0.000000383. The number of carbonyl (C=O) groups is 2. The van der Waals surface area contributed by atoms with Gasteiger partial charge in [0, 0.05) is 0 Å². The number of rotatable bonds is 10. The average Bonchev–Trinajstić information content (AvgIpc) is 2.83. The predicted octanol–water partition coefficient (Wildman–Crippen LogP) is 6.84. The number of hydrogen-bond donors (Lipinski definition) is 0. The fourth-order valence-corrected chi connectivity index (χ4v) is 3.45. The molecule has 4 nitrogen and oxygen atoms in total. The number of esters is 2. The molecule has 0 N–H and O–H groups in total. The van der Waals surface area contributed by atoms with Crippen LogP contribution in [0.25, 0.3) is 0 Å². The van der Waals surface area contributed by atoms with Gasteiger partial charge in [-0.25, -0.2) is 9.59 Å². The molecule has 0 saturated heterocycles. The molecule has 0 aromatic heterocycles. The molecule has 0 aliphatic carbocycles. The highest BCUT2D eigenvalue weighted by atomic mass is 31.0. The van der Waals surface area contributed by atoms with Crippen LogP contribution in [0.3, 0.4) is 0 Å². The van der Waals surface area contributed by atoms with E-state index in [1.165, 1.54) is 23.8 Å². The summed E-state index contributed by atoms with van der Waals surface area (Å²) in [6.07, 6.45) is 7.24. The van der Waals surface area contributed by atoms with E-state index in [1.54, 1.807) is 12.1 Å². The van der Waals surface area contributed by atoms with E-state index in [0.717, 1.165) is 31.6 Å². The molecule has 0 spiro atoms. The first kappa shape index (κ1) is 29.0. The Kier molecular flexibility index (Phi) is 14.6. The predicted molar refractivity (Wildman–Crippen MR) is 144 cm³/mol. The second-order valence-electron chi connectivity index (χ2n) is 8.18. The van der Waals surface area contributed by atoms with Crippen LogP contribution in [0, 0.1) is 5.92 Å². The lowest BCUT2D eigenvalue weighted by Crippen LogP contribution is -2.09. The Morgan fingerprint density at radius 1 is 0.848 bits per heavy atom. The molecule has 2 aromatic carbocycles. The van der Waals surface area contributed by atoms with Crippen molar-refractivity contribution < 1.29 is 19.1 Å². The zero-order valence-corrected chi connectivity index (χ0v) is 22.6. The highest BCUT2D eigenvalue weighted by molar-refractivity contribution is 7.15. The Labute approximate surface area is 203 Å². The molecule has 0 fully saturated rings. The lowest BCUT2D eigenvalue weighted by atomic mass is 10.0. The van der Waals surface area contributed by atoms with Crippen LogP contribution in [0.15, 0.2) is 60.2 Å². The van der Waals surface area contributed by atoms with E-state index >= 15 is 0 Å².